The summed E-state index contributed by atoms with van der Waals surface area (Å²) < 4.78 is 0. The molecule has 0 fully saturated rings. The van der Waals surface area contributed by atoms with E-state index in [1.807, 2.05) is 48.0 Å². The lowest BCUT2D eigenvalue weighted by Crippen LogP contribution is -2.03. The number of ketones is 1. The zero-order valence-corrected chi connectivity index (χ0v) is 10.7. The van der Waals surface area contributed by atoms with Crippen LogP contribution in [0.1, 0.15) is 21.5 Å². The van der Waals surface area contributed by atoms with Crippen LogP contribution >= 0.6 is 11.3 Å². The number of carbonyl (C=O) groups excluding carboxylic acids is 1. The minimum absolute atomic E-state index is 0.0537. The first-order chi connectivity index (χ1) is 8.77. The van der Waals surface area contributed by atoms with Gasteiger partial charge in [0.2, 0.25) is 0 Å². The summed E-state index contributed by atoms with van der Waals surface area (Å²) in [6, 6.07) is 9.57. The van der Waals surface area contributed by atoms with Gasteiger partial charge in [-0.25, -0.2) is 0 Å². The van der Waals surface area contributed by atoms with Crippen molar-refractivity contribution in [1.29, 1.82) is 0 Å². The number of thiophene rings is 1. The van der Waals surface area contributed by atoms with Crippen molar-refractivity contribution in [2.75, 3.05) is 0 Å². The second kappa shape index (κ2) is 4.35. The maximum absolute atomic E-state index is 12.5. The lowest BCUT2D eigenvalue weighted by atomic mass is 10.0. The second-order valence-corrected chi connectivity index (χ2v) is 4.92. The summed E-state index contributed by atoms with van der Waals surface area (Å²) in [5, 5.41) is 4.89. The van der Waals surface area contributed by atoms with Gasteiger partial charge in [0.1, 0.15) is 0 Å². The SMILES string of the molecule is Cc1cscc1C(=O)c1cccc2cccnc12. The first-order valence-corrected chi connectivity index (χ1v) is 6.63. The minimum atomic E-state index is 0.0537. The Morgan fingerprint density at radius 1 is 1.11 bits per heavy atom. The molecule has 0 aliphatic rings. The van der Waals surface area contributed by atoms with E-state index in [-0.39, 0.29) is 5.78 Å². The average Bonchev–Trinajstić information content (AvgIpc) is 2.83. The molecule has 1 aromatic carbocycles. The van der Waals surface area contributed by atoms with E-state index in [0.717, 1.165) is 22.0 Å². The van der Waals surface area contributed by atoms with Crippen LogP contribution in [0.15, 0.2) is 47.3 Å². The third kappa shape index (κ3) is 1.73. The number of hydrogen-bond acceptors (Lipinski definition) is 3. The third-order valence-electron chi connectivity index (χ3n) is 2.98. The molecule has 2 heterocycles. The molecular weight excluding hydrogens is 242 g/mol. The molecule has 0 amide bonds. The van der Waals surface area contributed by atoms with Crippen molar-refractivity contribution in [2.24, 2.45) is 0 Å². The average molecular weight is 253 g/mol. The maximum atomic E-state index is 12.5. The number of pyridine rings is 1. The molecule has 0 spiro atoms. The molecule has 0 atom stereocenters. The Morgan fingerprint density at radius 2 is 1.94 bits per heavy atom. The molecule has 0 aliphatic heterocycles. The zero-order valence-electron chi connectivity index (χ0n) is 9.88. The number of benzene rings is 1. The van der Waals surface area contributed by atoms with Gasteiger partial charge in [-0.15, -0.1) is 0 Å². The van der Waals surface area contributed by atoms with Crippen LogP contribution in [0.25, 0.3) is 10.9 Å². The van der Waals surface area contributed by atoms with Gasteiger partial charge in [0.05, 0.1) is 5.52 Å². The molecule has 0 aliphatic carbocycles. The van der Waals surface area contributed by atoms with Crippen LogP contribution in [0.3, 0.4) is 0 Å². The first-order valence-electron chi connectivity index (χ1n) is 5.68. The van der Waals surface area contributed by atoms with Gasteiger partial charge in [0, 0.05) is 28.1 Å². The monoisotopic (exact) mass is 253 g/mol. The number of rotatable bonds is 2. The first kappa shape index (κ1) is 11.1. The molecule has 3 rings (SSSR count). The highest BCUT2D eigenvalue weighted by Gasteiger charge is 2.15. The number of hydrogen-bond donors (Lipinski definition) is 0. The fourth-order valence-corrected chi connectivity index (χ4v) is 2.85. The molecule has 0 unspecified atom stereocenters. The van der Waals surface area contributed by atoms with Crippen molar-refractivity contribution in [3.8, 4) is 0 Å². The molecule has 0 N–H and O–H groups in total. The third-order valence-corrected chi connectivity index (χ3v) is 3.84. The summed E-state index contributed by atoms with van der Waals surface area (Å²) in [7, 11) is 0. The van der Waals surface area contributed by atoms with E-state index in [9.17, 15) is 4.79 Å². The van der Waals surface area contributed by atoms with E-state index in [0.29, 0.717) is 5.56 Å². The van der Waals surface area contributed by atoms with Gasteiger partial charge in [-0.1, -0.05) is 18.2 Å². The van der Waals surface area contributed by atoms with Crippen molar-refractivity contribution in [1.82, 2.24) is 4.98 Å². The molecule has 3 heteroatoms. The Labute approximate surface area is 109 Å². The normalized spacial score (nSPS) is 10.7. The van der Waals surface area contributed by atoms with Gasteiger partial charge >= 0.3 is 0 Å². The predicted octanol–water partition coefficient (Wildman–Crippen LogP) is 3.84. The van der Waals surface area contributed by atoms with Crippen molar-refractivity contribution < 1.29 is 4.79 Å². The summed E-state index contributed by atoms with van der Waals surface area (Å²) in [5.41, 5.74) is 3.25. The smallest absolute Gasteiger partial charge is 0.196 e. The molecule has 0 bridgehead atoms. The van der Waals surface area contributed by atoms with Crippen LogP contribution in [0.4, 0.5) is 0 Å². The Balaban J connectivity index is 2.21. The van der Waals surface area contributed by atoms with Gasteiger partial charge in [0.25, 0.3) is 0 Å². The van der Waals surface area contributed by atoms with Crippen LogP contribution in [-0.2, 0) is 0 Å². The van der Waals surface area contributed by atoms with Crippen molar-refractivity contribution in [3.63, 3.8) is 0 Å². The number of carbonyl (C=O) groups is 1. The lowest BCUT2D eigenvalue weighted by Gasteiger charge is -2.04. The molecule has 88 valence electrons. The molecule has 0 saturated carbocycles. The largest absolute Gasteiger partial charge is 0.288 e. The predicted molar refractivity (Wildman–Crippen MR) is 74.2 cm³/mol. The van der Waals surface area contributed by atoms with E-state index in [4.69, 9.17) is 0 Å². The summed E-state index contributed by atoms with van der Waals surface area (Å²) in [6.45, 7) is 1.96. The highest BCUT2D eigenvalue weighted by Crippen LogP contribution is 2.22. The number of aromatic nitrogens is 1. The molecule has 2 aromatic heterocycles. The van der Waals surface area contributed by atoms with Crippen molar-refractivity contribution >= 4 is 28.0 Å². The number of aryl methyl sites for hydroxylation is 1. The summed E-state index contributed by atoms with van der Waals surface area (Å²) in [6.07, 6.45) is 1.72. The summed E-state index contributed by atoms with van der Waals surface area (Å²) in [4.78, 5) is 16.8. The van der Waals surface area contributed by atoms with Crippen molar-refractivity contribution in [3.05, 3.63) is 64.0 Å². The second-order valence-electron chi connectivity index (χ2n) is 4.18. The number of fused-ring (bicyclic) bond motifs is 1. The van der Waals surface area contributed by atoms with Gasteiger partial charge in [-0.05, 0) is 30.0 Å². The zero-order chi connectivity index (χ0) is 12.5. The van der Waals surface area contributed by atoms with Crippen LogP contribution in [-0.4, -0.2) is 10.8 Å². The van der Waals surface area contributed by atoms with E-state index in [1.165, 1.54) is 0 Å². The fraction of sp³-hybridized carbons (Fsp3) is 0.0667. The molecule has 18 heavy (non-hydrogen) atoms. The highest BCUT2D eigenvalue weighted by molar-refractivity contribution is 7.08. The quantitative estimate of drug-likeness (QED) is 0.649. The van der Waals surface area contributed by atoms with E-state index >= 15 is 0 Å². The molecule has 0 radical (unpaired) electrons. The lowest BCUT2D eigenvalue weighted by molar-refractivity contribution is 0.104. The van der Waals surface area contributed by atoms with Gasteiger partial charge in [0.15, 0.2) is 5.78 Å². The van der Waals surface area contributed by atoms with Gasteiger partial charge in [-0.2, -0.15) is 11.3 Å². The van der Waals surface area contributed by atoms with Gasteiger partial charge < -0.3 is 0 Å². The molecular formula is C15H11NOS. The summed E-state index contributed by atoms with van der Waals surface area (Å²) in [5.74, 6) is 0.0537. The van der Waals surface area contributed by atoms with E-state index in [1.54, 1.807) is 17.5 Å². The number of nitrogens with zero attached hydrogens (tertiary/aromatic N) is 1. The Hall–Kier alpha value is -2.00. The van der Waals surface area contributed by atoms with Crippen LogP contribution < -0.4 is 0 Å². The topological polar surface area (TPSA) is 30.0 Å². The molecule has 2 nitrogen and oxygen atoms in total. The highest BCUT2D eigenvalue weighted by atomic mass is 32.1. The fourth-order valence-electron chi connectivity index (χ4n) is 2.03. The van der Waals surface area contributed by atoms with E-state index < -0.39 is 0 Å². The summed E-state index contributed by atoms with van der Waals surface area (Å²) >= 11 is 1.55. The van der Waals surface area contributed by atoms with Crippen LogP contribution in [0.2, 0.25) is 0 Å². The van der Waals surface area contributed by atoms with Crippen LogP contribution in [0.5, 0.6) is 0 Å². The maximum Gasteiger partial charge on any atom is 0.196 e. The minimum Gasteiger partial charge on any atom is -0.288 e. The van der Waals surface area contributed by atoms with E-state index in [2.05, 4.69) is 4.98 Å². The van der Waals surface area contributed by atoms with Crippen LogP contribution in [0, 0.1) is 6.92 Å². The number of para-hydroxylation sites is 1. The van der Waals surface area contributed by atoms with Crippen molar-refractivity contribution in [2.45, 2.75) is 6.92 Å². The van der Waals surface area contributed by atoms with Gasteiger partial charge in [-0.3, -0.25) is 9.78 Å². The Kier molecular flexibility index (Phi) is 2.68. The Bertz CT molecular complexity index is 725. The molecule has 3 aromatic rings. The molecule has 0 saturated heterocycles. The standard InChI is InChI=1S/C15H11NOS/c1-10-8-18-9-13(10)15(17)12-6-2-4-11-5-3-7-16-14(11)12/h2-9H,1H3. The Morgan fingerprint density at radius 3 is 2.72 bits per heavy atom.